The zero-order valence-electron chi connectivity index (χ0n) is 14.7. The van der Waals surface area contributed by atoms with Crippen molar-refractivity contribution in [2.45, 2.75) is 38.8 Å². The van der Waals surface area contributed by atoms with Crippen LogP contribution in [0.4, 0.5) is 5.69 Å². The van der Waals surface area contributed by atoms with Gasteiger partial charge in [-0.2, -0.15) is 0 Å². The van der Waals surface area contributed by atoms with E-state index < -0.39 is 0 Å². The highest BCUT2D eigenvalue weighted by Crippen LogP contribution is 2.28. The molecule has 1 saturated heterocycles. The van der Waals surface area contributed by atoms with Crippen LogP contribution in [0.15, 0.2) is 24.4 Å². The van der Waals surface area contributed by atoms with E-state index in [1.54, 1.807) is 29.1 Å². The number of nitrogens with one attached hydrogen (secondary N) is 2. The number of hydrogen-bond donors (Lipinski definition) is 2. The highest BCUT2D eigenvalue weighted by Gasteiger charge is 2.19. The molecule has 1 aromatic carbocycles. The van der Waals surface area contributed by atoms with Gasteiger partial charge in [-0.3, -0.25) is 4.79 Å². The van der Waals surface area contributed by atoms with Crippen molar-refractivity contribution in [2.75, 3.05) is 18.4 Å². The van der Waals surface area contributed by atoms with E-state index in [0.717, 1.165) is 25.9 Å². The fourth-order valence-electron chi connectivity index (χ4n) is 2.75. The molecule has 1 fully saturated rings. The molecule has 142 valence electrons. The lowest BCUT2D eigenvalue weighted by Gasteiger charge is -2.22. The Kier molecular flexibility index (Phi) is 7.25. The molecule has 0 radical (unpaired) electrons. The summed E-state index contributed by atoms with van der Waals surface area (Å²) in [7, 11) is 0. The number of nitrogens with zero attached hydrogens (tertiary/aromatic N) is 3. The van der Waals surface area contributed by atoms with Gasteiger partial charge in [0.15, 0.2) is 5.69 Å². The zero-order valence-corrected chi connectivity index (χ0v) is 16.3. The van der Waals surface area contributed by atoms with Crippen molar-refractivity contribution in [1.82, 2.24) is 20.3 Å². The smallest absolute Gasteiger partial charge is 0.277 e. The average Bonchev–Trinajstić information content (AvgIpc) is 3.08. The molecule has 0 aliphatic carbocycles. The topological polar surface area (TPSA) is 81.1 Å². The highest BCUT2D eigenvalue weighted by atomic mass is 35.5. The lowest BCUT2D eigenvalue weighted by molar-refractivity contribution is 0.102. The Bertz CT molecular complexity index is 745. The summed E-state index contributed by atoms with van der Waals surface area (Å²) in [6, 6.07) is 5.44. The van der Waals surface area contributed by atoms with Gasteiger partial charge in [0.1, 0.15) is 5.75 Å². The summed E-state index contributed by atoms with van der Waals surface area (Å²) in [5.74, 6) is 0.278. The first-order valence-electron chi connectivity index (χ1n) is 8.43. The number of benzene rings is 1. The number of piperidine rings is 1. The van der Waals surface area contributed by atoms with Gasteiger partial charge in [-0.1, -0.05) is 16.8 Å². The van der Waals surface area contributed by atoms with E-state index in [1.807, 2.05) is 13.8 Å². The molecule has 7 nitrogen and oxygen atoms in total. The Morgan fingerprint density at radius 1 is 1.38 bits per heavy atom. The van der Waals surface area contributed by atoms with Crippen LogP contribution in [0, 0.1) is 0 Å². The van der Waals surface area contributed by atoms with Crippen LogP contribution in [0.1, 0.15) is 43.2 Å². The fraction of sp³-hybridized carbons (Fsp3) is 0.471. The van der Waals surface area contributed by atoms with E-state index in [1.165, 1.54) is 0 Å². The molecule has 2 aromatic rings. The molecule has 0 atom stereocenters. The van der Waals surface area contributed by atoms with Crippen LogP contribution in [0.3, 0.4) is 0 Å². The van der Waals surface area contributed by atoms with Crippen LogP contribution in [-0.4, -0.2) is 40.1 Å². The van der Waals surface area contributed by atoms with Crippen LogP contribution in [0.25, 0.3) is 0 Å². The van der Waals surface area contributed by atoms with Crippen molar-refractivity contribution in [3.8, 4) is 5.75 Å². The quantitative estimate of drug-likeness (QED) is 0.805. The van der Waals surface area contributed by atoms with Gasteiger partial charge in [-0.25, -0.2) is 4.68 Å². The Morgan fingerprint density at radius 2 is 2.12 bits per heavy atom. The Balaban J connectivity index is 0.00000243. The maximum Gasteiger partial charge on any atom is 0.277 e. The van der Waals surface area contributed by atoms with E-state index >= 15 is 0 Å². The van der Waals surface area contributed by atoms with E-state index in [9.17, 15) is 4.79 Å². The third-order valence-corrected chi connectivity index (χ3v) is 4.27. The van der Waals surface area contributed by atoms with Crippen LogP contribution in [0.5, 0.6) is 5.75 Å². The molecule has 1 amide bonds. The van der Waals surface area contributed by atoms with Crippen LogP contribution in [-0.2, 0) is 0 Å². The Morgan fingerprint density at radius 3 is 2.77 bits per heavy atom. The third-order valence-electron chi connectivity index (χ3n) is 3.98. The summed E-state index contributed by atoms with van der Waals surface area (Å²) in [5.41, 5.74) is 0.875. The van der Waals surface area contributed by atoms with Gasteiger partial charge in [0.05, 0.1) is 23.4 Å². The van der Waals surface area contributed by atoms with Gasteiger partial charge in [0.2, 0.25) is 0 Å². The predicted molar refractivity (Wildman–Crippen MR) is 104 cm³/mol. The first-order valence-corrected chi connectivity index (χ1v) is 8.81. The Labute approximate surface area is 163 Å². The monoisotopic (exact) mass is 399 g/mol. The summed E-state index contributed by atoms with van der Waals surface area (Å²) in [5, 5.41) is 14.6. The summed E-state index contributed by atoms with van der Waals surface area (Å²) in [4.78, 5) is 12.4. The van der Waals surface area contributed by atoms with E-state index in [0.29, 0.717) is 16.5 Å². The number of carbonyl (C=O) groups is 1. The van der Waals surface area contributed by atoms with E-state index in [4.69, 9.17) is 16.3 Å². The van der Waals surface area contributed by atoms with E-state index in [-0.39, 0.29) is 36.2 Å². The molecule has 0 bridgehead atoms. The summed E-state index contributed by atoms with van der Waals surface area (Å²) < 4.78 is 7.36. The van der Waals surface area contributed by atoms with Crippen molar-refractivity contribution in [3.63, 3.8) is 0 Å². The molecule has 26 heavy (non-hydrogen) atoms. The van der Waals surface area contributed by atoms with Gasteiger partial charge in [0.25, 0.3) is 5.91 Å². The molecule has 1 aromatic heterocycles. The third kappa shape index (κ3) is 5.09. The average molecular weight is 400 g/mol. The first kappa shape index (κ1) is 20.5. The van der Waals surface area contributed by atoms with Crippen LogP contribution < -0.4 is 15.4 Å². The maximum absolute atomic E-state index is 12.4. The second-order valence-corrected chi connectivity index (χ2v) is 6.74. The Hall–Kier alpha value is -1.83. The standard InChI is InChI=1S/C17H22ClN5O2.ClH/c1-11(2)25-16-4-3-12(9-14(16)18)20-17(24)15-10-23(22-21-15)13-5-7-19-8-6-13;/h3-4,9-11,13,19H,5-8H2,1-2H3,(H,20,24);1H. The number of amides is 1. The van der Waals surface area contributed by atoms with Crippen molar-refractivity contribution in [2.24, 2.45) is 0 Å². The van der Waals surface area contributed by atoms with E-state index in [2.05, 4.69) is 20.9 Å². The van der Waals surface area contributed by atoms with Crippen molar-refractivity contribution < 1.29 is 9.53 Å². The molecular formula is C17H23Cl2N5O2. The molecule has 1 aliphatic heterocycles. The van der Waals surface area contributed by atoms with Gasteiger partial charge >= 0.3 is 0 Å². The largest absolute Gasteiger partial charge is 0.489 e. The summed E-state index contributed by atoms with van der Waals surface area (Å²) in [6.07, 6.45) is 3.70. The number of rotatable bonds is 5. The molecule has 2 N–H and O–H groups in total. The van der Waals surface area contributed by atoms with Crippen molar-refractivity contribution >= 4 is 35.6 Å². The molecule has 1 aliphatic rings. The fourth-order valence-corrected chi connectivity index (χ4v) is 2.98. The van der Waals surface area contributed by atoms with Gasteiger partial charge in [0, 0.05) is 5.69 Å². The summed E-state index contributed by atoms with van der Waals surface area (Å²) in [6.45, 7) is 5.76. The van der Waals surface area contributed by atoms with Crippen LogP contribution >= 0.6 is 24.0 Å². The highest BCUT2D eigenvalue weighted by molar-refractivity contribution is 6.32. The number of halogens is 2. The maximum atomic E-state index is 12.4. The van der Waals surface area contributed by atoms with Crippen LogP contribution in [0.2, 0.25) is 5.02 Å². The molecule has 0 unspecified atom stereocenters. The molecule has 0 spiro atoms. The molecule has 0 saturated carbocycles. The lowest BCUT2D eigenvalue weighted by atomic mass is 10.1. The molecule has 9 heteroatoms. The number of ether oxygens (including phenoxy) is 1. The number of anilines is 1. The summed E-state index contributed by atoms with van der Waals surface area (Å²) >= 11 is 6.19. The predicted octanol–water partition coefficient (Wildman–Crippen LogP) is 3.32. The minimum absolute atomic E-state index is 0. The molecule has 3 rings (SSSR count). The second-order valence-electron chi connectivity index (χ2n) is 6.33. The minimum Gasteiger partial charge on any atom is -0.489 e. The number of hydrogen-bond acceptors (Lipinski definition) is 5. The number of carbonyl (C=O) groups excluding carboxylic acids is 1. The van der Waals surface area contributed by atoms with Crippen molar-refractivity contribution in [1.29, 1.82) is 0 Å². The minimum atomic E-state index is -0.311. The van der Waals surface area contributed by atoms with Gasteiger partial charge in [-0.15, -0.1) is 17.5 Å². The molecule has 2 heterocycles. The van der Waals surface area contributed by atoms with Crippen molar-refractivity contribution in [3.05, 3.63) is 35.1 Å². The van der Waals surface area contributed by atoms with Gasteiger partial charge in [-0.05, 0) is 58.0 Å². The first-order chi connectivity index (χ1) is 12.0. The van der Waals surface area contributed by atoms with Gasteiger partial charge < -0.3 is 15.4 Å². The number of aromatic nitrogens is 3. The second kappa shape index (κ2) is 9.21. The lowest BCUT2D eigenvalue weighted by Crippen LogP contribution is -2.29. The molecular weight excluding hydrogens is 377 g/mol. The zero-order chi connectivity index (χ0) is 17.8. The normalized spacial score (nSPS) is 14.8. The SMILES string of the molecule is CC(C)Oc1ccc(NC(=O)c2cn(C3CCNCC3)nn2)cc1Cl.Cl.